The number of hydrogen-bond acceptors (Lipinski definition) is 7. The third-order valence-electron chi connectivity index (χ3n) is 4.80. The number of amides is 1. The number of pyridine rings is 1. The van der Waals surface area contributed by atoms with E-state index in [1.807, 2.05) is 61.5 Å². The number of anilines is 5. The van der Waals surface area contributed by atoms with E-state index in [1.165, 1.54) is 12.4 Å². The van der Waals surface area contributed by atoms with Crippen LogP contribution in [0.25, 0.3) is 0 Å². The van der Waals surface area contributed by atoms with Crippen LogP contribution < -0.4 is 20.7 Å². The van der Waals surface area contributed by atoms with Crippen LogP contribution in [0.1, 0.15) is 11.3 Å². The van der Waals surface area contributed by atoms with Gasteiger partial charge in [-0.1, -0.05) is 18.7 Å². The first kappa shape index (κ1) is 22.5. The zero-order chi connectivity index (χ0) is 23.8. The third-order valence-corrected chi connectivity index (χ3v) is 4.80. The number of aryl methyl sites for hydroxylation is 1. The highest BCUT2D eigenvalue weighted by molar-refractivity contribution is 5.99. The molecular weight excluding hydrogens is 428 g/mol. The predicted octanol–water partition coefficient (Wildman–Crippen LogP) is 5.37. The van der Waals surface area contributed by atoms with Crippen molar-refractivity contribution in [2.75, 3.05) is 16.0 Å². The van der Waals surface area contributed by atoms with E-state index in [4.69, 9.17) is 4.74 Å². The number of hydrogen-bond donors (Lipinski definition) is 3. The Hall–Kier alpha value is -4.72. The molecule has 34 heavy (non-hydrogen) atoms. The molecule has 2 heterocycles. The number of carbonyl (C=O) groups excluding carboxylic acids is 1. The Morgan fingerprint density at radius 2 is 1.68 bits per heavy atom. The van der Waals surface area contributed by atoms with Gasteiger partial charge in [-0.3, -0.25) is 9.78 Å². The number of ether oxygens (including phenoxy) is 1. The van der Waals surface area contributed by atoms with Crippen molar-refractivity contribution in [2.45, 2.75) is 13.5 Å². The van der Waals surface area contributed by atoms with Crippen LogP contribution in [0.3, 0.4) is 0 Å². The van der Waals surface area contributed by atoms with Crippen molar-refractivity contribution in [3.05, 3.63) is 103 Å². The molecule has 0 saturated heterocycles. The first-order valence-electron chi connectivity index (χ1n) is 10.6. The maximum atomic E-state index is 11.5. The molecule has 0 radical (unpaired) electrons. The van der Waals surface area contributed by atoms with E-state index in [9.17, 15) is 4.79 Å². The Bertz CT molecular complexity index is 1290. The van der Waals surface area contributed by atoms with Gasteiger partial charge in [0.1, 0.15) is 30.3 Å². The topological polar surface area (TPSA) is 101 Å². The summed E-state index contributed by atoms with van der Waals surface area (Å²) >= 11 is 0. The highest BCUT2D eigenvalue weighted by atomic mass is 16.5. The van der Waals surface area contributed by atoms with E-state index >= 15 is 0 Å². The van der Waals surface area contributed by atoms with Crippen LogP contribution in [0.5, 0.6) is 5.75 Å². The van der Waals surface area contributed by atoms with Crippen LogP contribution in [-0.2, 0) is 11.4 Å². The first-order valence-corrected chi connectivity index (χ1v) is 10.6. The van der Waals surface area contributed by atoms with Crippen molar-refractivity contribution in [3.63, 3.8) is 0 Å². The Morgan fingerprint density at radius 3 is 2.38 bits per heavy atom. The second kappa shape index (κ2) is 10.7. The number of benzene rings is 2. The van der Waals surface area contributed by atoms with Crippen molar-refractivity contribution in [1.82, 2.24) is 15.0 Å². The van der Waals surface area contributed by atoms with Gasteiger partial charge in [-0.05, 0) is 67.1 Å². The molecule has 0 bridgehead atoms. The molecule has 8 heteroatoms. The number of carbonyl (C=O) groups is 1. The largest absolute Gasteiger partial charge is 0.487 e. The summed E-state index contributed by atoms with van der Waals surface area (Å²) < 4.78 is 5.90. The van der Waals surface area contributed by atoms with Crippen LogP contribution in [0.2, 0.25) is 0 Å². The molecule has 2 aromatic heterocycles. The van der Waals surface area contributed by atoms with Crippen LogP contribution in [-0.4, -0.2) is 20.9 Å². The smallest absolute Gasteiger partial charge is 0.247 e. The third kappa shape index (κ3) is 6.17. The van der Waals surface area contributed by atoms with Crippen molar-refractivity contribution in [1.29, 1.82) is 0 Å². The van der Waals surface area contributed by atoms with Gasteiger partial charge >= 0.3 is 0 Å². The zero-order valence-electron chi connectivity index (χ0n) is 18.7. The van der Waals surface area contributed by atoms with E-state index in [2.05, 4.69) is 37.5 Å². The number of nitrogens with one attached hydrogen (secondary N) is 3. The molecule has 4 aromatic rings. The van der Waals surface area contributed by atoms with Crippen molar-refractivity contribution in [3.8, 4) is 5.75 Å². The molecule has 0 aliphatic heterocycles. The SMILES string of the molecule is C=CC(=O)Nc1cccc(Nc2cc(Nc3ccc(OCc4ccccn4)c(C)c3)ncn2)c1. The molecule has 0 unspecified atom stereocenters. The molecule has 1 amide bonds. The summed E-state index contributed by atoms with van der Waals surface area (Å²) in [5.74, 6) is 1.77. The second-order valence-electron chi connectivity index (χ2n) is 7.40. The van der Waals surface area contributed by atoms with Gasteiger partial charge in [0, 0.05) is 29.3 Å². The summed E-state index contributed by atoms with van der Waals surface area (Å²) in [6.45, 7) is 5.86. The first-order chi connectivity index (χ1) is 16.6. The maximum absolute atomic E-state index is 11.5. The molecule has 170 valence electrons. The van der Waals surface area contributed by atoms with Crippen LogP contribution >= 0.6 is 0 Å². The Kier molecular flexibility index (Phi) is 7.09. The summed E-state index contributed by atoms with van der Waals surface area (Å²) in [7, 11) is 0. The van der Waals surface area contributed by atoms with Crippen LogP contribution in [0, 0.1) is 6.92 Å². The predicted molar refractivity (Wildman–Crippen MR) is 134 cm³/mol. The van der Waals surface area contributed by atoms with Gasteiger partial charge in [0.05, 0.1) is 5.69 Å². The van der Waals surface area contributed by atoms with E-state index in [0.29, 0.717) is 23.9 Å². The number of aromatic nitrogens is 3. The van der Waals surface area contributed by atoms with Gasteiger partial charge in [-0.25, -0.2) is 9.97 Å². The van der Waals surface area contributed by atoms with Crippen molar-refractivity contribution in [2.24, 2.45) is 0 Å². The summed E-state index contributed by atoms with van der Waals surface area (Å²) in [6.07, 6.45) is 4.45. The van der Waals surface area contributed by atoms with Gasteiger partial charge in [0.15, 0.2) is 0 Å². The van der Waals surface area contributed by atoms with Gasteiger partial charge in [0.25, 0.3) is 0 Å². The van der Waals surface area contributed by atoms with Crippen molar-refractivity contribution < 1.29 is 9.53 Å². The molecule has 3 N–H and O–H groups in total. The molecule has 8 nitrogen and oxygen atoms in total. The summed E-state index contributed by atoms with van der Waals surface area (Å²) in [5.41, 5.74) is 4.17. The van der Waals surface area contributed by atoms with Crippen LogP contribution in [0.15, 0.2) is 91.9 Å². The van der Waals surface area contributed by atoms with E-state index < -0.39 is 0 Å². The fourth-order valence-corrected chi connectivity index (χ4v) is 3.18. The lowest BCUT2D eigenvalue weighted by Gasteiger charge is -2.12. The summed E-state index contributed by atoms with van der Waals surface area (Å²) in [4.78, 5) is 24.4. The van der Waals surface area contributed by atoms with Crippen molar-refractivity contribution >= 4 is 34.6 Å². The molecule has 4 rings (SSSR count). The quantitative estimate of drug-likeness (QED) is 0.294. The summed E-state index contributed by atoms with van der Waals surface area (Å²) in [6, 6.07) is 20.7. The van der Waals surface area contributed by atoms with E-state index in [0.717, 1.165) is 28.4 Å². The molecule has 2 aromatic carbocycles. The molecular formula is C26H24N6O2. The van der Waals surface area contributed by atoms with E-state index in [1.54, 1.807) is 18.3 Å². The van der Waals surface area contributed by atoms with Crippen LogP contribution in [0.4, 0.5) is 28.7 Å². The minimum Gasteiger partial charge on any atom is -0.487 e. The monoisotopic (exact) mass is 452 g/mol. The zero-order valence-corrected chi connectivity index (χ0v) is 18.7. The molecule has 0 fully saturated rings. The van der Waals surface area contributed by atoms with Gasteiger partial charge in [-0.15, -0.1) is 0 Å². The lowest BCUT2D eigenvalue weighted by atomic mass is 10.2. The lowest BCUT2D eigenvalue weighted by Crippen LogP contribution is -2.07. The fourth-order valence-electron chi connectivity index (χ4n) is 3.18. The number of rotatable bonds is 9. The maximum Gasteiger partial charge on any atom is 0.247 e. The lowest BCUT2D eigenvalue weighted by molar-refractivity contribution is -0.111. The highest BCUT2D eigenvalue weighted by Crippen LogP contribution is 2.26. The average molecular weight is 453 g/mol. The Morgan fingerprint density at radius 1 is 0.912 bits per heavy atom. The average Bonchev–Trinajstić information content (AvgIpc) is 2.84. The standard InChI is InChI=1S/C26H24N6O2/c1-3-26(33)32-20-9-6-8-19(14-20)30-24-15-25(29-17-28-24)31-21-10-11-23(18(2)13-21)34-16-22-7-4-5-12-27-22/h3-15,17H,1,16H2,2H3,(H,32,33)(H2,28,29,30,31). The highest BCUT2D eigenvalue weighted by Gasteiger charge is 2.06. The normalized spacial score (nSPS) is 10.3. The fraction of sp³-hybridized carbons (Fsp3) is 0.0769. The van der Waals surface area contributed by atoms with E-state index in [-0.39, 0.29) is 5.91 Å². The second-order valence-corrected chi connectivity index (χ2v) is 7.40. The Labute approximate surface area is 197 Å². The Balaban J connectivity index is 1.40. The van der Waals surface area contributed by atoms with Gasteiger partial charge < -0.3 is 20.7 Å². The molecule has 0 atom stereocenters. The minimum atomic E-state index is -0.269. The number of nitrogens with zero attached hydrogens (tertiary/aromatic N) is 3. The van der Waals surface area contributed by atoms with Gasteiger partial charge in [-0.2, -0.15) is 0 Å². The molecule has 0 aliphatic carbocycles. The molecule has 0 aliphatic rings. The minimum absolute atomic E-state index is 0.269. The molecule has 0 spiro atoms. The molecule has 0 saturated carbocycles. The van der Waals surface area contributed by atoms with Gasteiger partial charge in [0.2, 0.25) is 5.91 Å². The summed E-state index contributed by atoms with van der Waals surface area (Å²) in [5, 5.41) is 9.24.